The van der Waals surface area contributed by atoms with Crippen molar-refractivity contribution in [2.75, 3.05) is 6.61 Å². The lowest BCUT2D eigenvalue weighted by molar-refractivity contribution is -0.384. The van der Waals surface area contributed by atoms with E-state index in [1.165, 1.54) is 18.2 Å². The van der Waals surface area contributed by atoms with Crippen molar-refractivity contribution in [3.8, 4) is 5.75 Å². The third-order valence-electron chi connectivity index (χ3n) is 3.07. The highest BCUT2D eigenvalue weighted by molar-refractivity contribution is 5.97. The SMILES string of the molecule is Cc1ccc(OCC(=O)c2cccc([N+](=O)[O-])c2)c(C)c1. The van der Waals surface area contributed by atoms with Crippen molar-refractivity contribution in [3.05, 3.63) is 69.3 Å². The zero-order chi connectivity index (χ0) is 15.4. The minimum Gasteiger partial charge on any atom is -0.485 e. The molecule has 2 rings (SSSR count). The van der Waals surface area contributed by atoms with Gasteiger partial charge in [0.1, 0.15) is 5.75 Å². The molecule has 0 heterocycles. The molecule has 0 aliphatic heterocycles. The van der Waals surface area contributed by atoms with Gasteiger partial charge in [-0.25, -0.2) is 0 Å². The lowest BCUT2D eigenvalue weighted by atomic mass is 10.1. The van der Waals surface area contributed by atoms with Gasteiger partial charge in [-0.1, -0.05) is 29.8 Å². The molecule has 5 nitrogen and oxygen atoms in total. The maximum atomic E-state index is 12.0. The Morgan fingerprint density at radius 1 is 1.19 bits per heavy atom. The Bertz CT molecular complexity index is 694. The lowest BCUT2D eigenvalue weighted by Gasteiger charge is -2.09. The number of Topliss-reactive ketones (excluding diaryl/α,β-unsaturated/α-hetero) is 1. The maximum absolute atomic E-state index is 12.0. The largest absolute Gasteiger partial charge is 0.485 e. The molecule has 0 atom stereocenters. The van der Waals surface area contributed by atoms with Crippen molar-refractivity contribution in [2.45, 2.75) is 13.8 Å². The molecule has 2 aromatic rings. The van der Waals surface area contributed by atoms with Crippen LogP contribution in [-0.4, -0.2) is 17.3 Å². The molecule has 5 heteroatoms. The van der Waals surface area contributed by atoms with Crippen LogP contribution in [-0.2, 0) is 0 Å². The van der Waals surface area contributed by atoms with E-state index in [-0.39, 0.29) is 23.6 Å². The van der Waals surface area contributed by atoms with E-state index in [0.29, 0.717) is 5.75 Å². The Balaban J connectivity index is 2.08. The highest BCUT2D eigenvalue weighted by atomic mass is 16.6. The van der Waals surface area contributed by atoms with Crippen LogP contribution >= 0.6 is 0 Å². The highest BCUT2D eigenvalue weighted by Gasteiger charge is 2.12. The normalized spacial score (nSPS) is 10.2. The van der Waals surface area contributed by atoms with Gasteiger partial charge in [0.05, 0.1) is 4.92 Å². The number of nitro benzene ring substituents is 1. The number of aryl methyl sites for hydroxylation is 2. The minimum atomic E-state index is -0.526. The van der Waals surface area contributed by atoms with Gasteiger partial charge in [-0.3, -0.25) is 14.9 Å². The van der Waals surface area contributed by atoms with Crippen molar-refractivity contribution < 1.29 is 14.5 Å². The van der Waals surface area contributed by atoms with Gasteiger partial charge in [0.25, 0.3) is 5.69 Å². The van der Waals surface area contributed by atoms with Gasteiger partial charge in [0, 0.05) is 17.7 Å². The van der Waals surface area contributed by atoms with Gasteiger partial charge >= 0.3 is 0 Å². The van der Waals surface area contributed by atoms with E-state index >= 15 is 0 Å². The van der Waals surface area contributed by atoms with Gasteiger partial charge in [-0.05, 0) is 25.5 Å². The van der Waals surface area contributed by atoms with Crippen LogP contribution in [0.1, 0.15) is 21.5 Å². The molecule has 0 radical (unpaired) electrons. The monoisotopic (exact) mass is 285 g/mol. The summed E-state index contributed by atoms with van der Waals surface area (Å²) in [6.07, 6.45) is 0. The number of carbonyl (C=O) groups excluding carboxylic acids is 1. The molecule has 2 aromatic carbocycles. The minimum absolute atomic E-state index is 0.104. The molecule has 0 aliphatic carbocycles. The van der Waals surface area contributed by atoms with E-state index < -0.39 is 4.92 Å². The van der Waals surface area contributed by atoms with Crippen molar-refractivity contribution in [3.63, 3.8) is 0 Å². The van der Waals surface area contributed by atoms with Crippen LogP contribution in [0.3, 0.4) is 0 Å². The summed E-state index contributed by atoms with van der Waals surface area (Å²) >= 11 is 0. The predicted octanol–water partition coefficient (Wildman–Crippen LogP) is 3.47. The summed E-state index contributed by atoms with van der Waals surface area (Å²) in [7, 11) is 0. The summed E-state index contributed by atoms with van der Waals surface area (Å²) in [5, 5.41) is 10.7. The summed E-state index contributed by atoms with van der Waals surface area (Å²) in [5.74, 6) is 0.345. The van der Waals surface area contributed by atoms with Crippen LogP contribution in [0.4, 0.5) is 5.69 Å². The zero-order valence-electron chi connectivity index (χ0n) is 11.8. The first-order valence-corrected chi connectivity index (χ1v) is 6.45. The second-order valence-corrected chi connectivity index (χ2v) is 4.79. The Kier molecular flexibility index (Phi) is 4.33. The van der Waals surface area contributed by atoms with Crippen molar-refractivity contribution in [1.82, 2.24) is 0 Å². The second-order valence-electron chi connectivity index (χ2n) is 4.79. The number of ether oxygens (including phenoxy) is 1. The van der Waals surface area contributed by atoms with E-state index in [1.54, 1.807) is 6.07 Å². The first-order valence-electron chi connectivity index (χ1n) is 6.45. The number of hydrogen-bond donors (Lipinski definition) is 0. The molecule has 0 aliphatic rings. The molecule has 108 valence electrons. The topological polar surface area (TPSA) is 69.4 Å². The molecule has 0 fully saturated rings. The Morgan fingerprint density at radius 2 is 1.95 bits per heavy atom. The van der Waals surface area contributed by atoms with E-state index in [4.69, 9.17) is 4.74 Å². The van der Waals surface area contributed by atoms with E-state index in [2.05, 4.69) is 0 Å². The van der Waals surface area contributed by atoms with Crippen LogP contribution in [0.5, 0.6) is 5.75 Å². The van der Waals surface area contributed by atoms with Crippen LogP contribution < -0.4 is 4.74 Å². The molecular weight excluding hydrogens is 270 g/mol. The smallest absolute Gasteiger partial charge is 0.270 e. The molecule has 0 amide bonds. The van der Waals surface area contributed by atoms with Crippen molar-refractivity contribution >= 4 is 11.5 Å². The number of nitro groups is 1. The molecule has 0 aromatic heterocycles. The number of nitrogens with zero attached hydrogens (tertiary/aromatic N) is 1. The first-order chi connectivity index (χ1) is 9.97. The highest BCUT2D eigenvalue weighted by Crippen LogP contribution is 2.19. The van der Waals surface area contributed by atoms with Gasteiger partial charge < -0.3 is 4.74 Å². The van der Waals surface area contributed by atoms with E-state index in [1.807, 2.05) is 32.0 Å². The van der Waals surface area contributed by atoms with Crippen LogP contribution in [0.15, 0.2) is 42.5 Å². The van der Waals surface area contributed by atoms with Crippen molar-refractivity contribution in [2.24, 2.45) is 0 Å². The molecular formula is C16H15NO4. The Hall–Kier alpha value is -2.69. The van der Waals surface area contributed by atoms with Crippen molar-refractivity contribution in [1.29, 1.82) is 0 Å². The Labute approximate surface area is 122 Å². The summed E-state index contributed by atoms with van der Waals surface area (Å²) in [4.78, 5) is 22.2. The number of carbonyl (C=O) groups is 1. The molecule has 0 N–H and O–H groups in total. The summed E-state index contributed by atoms with van der Waals surface area (Å²) in [6, 6.07) is 11.3. The molecule has 0 spiro atoms. The van der Waals surface area contributed by atoms with E-state index in [0.717, 1.165) is 11.1 Å². The number of rotatable bonds is 5. The number of non-ortho nitro benzene ring substituents is 1. The first kappa shape index (κ1) is 14.7. The van der Waals surface area contributed by atoms with Crippen LogP contribution in [0.2, 0.25) is 0 Å². The molecule has 0 saturated heterocycles. The fraction of sp³-hybridized carbons (Fsp3) is 0.188. The number of benzene rings is 2. The summed E-state index contributed by atoms with van der Waals surface area (Å²) in [6.45, 7) is 3.73. The fourth-order valence-electron chi connectivity index (χ4n) is 1.98. The van der Waals surface area contributed by atoms with E-state index in [9.17, 15) is 14.9 Å². The van der Waals surface area contributed by atoms with Crippen LogP contribution in [0, 0.1) is 24.0 Å². The molecule has 0 bridgehead atoms. The summed E-state index contributed by atoms with van der Waals surface area (Å²) < 4.78 is 5.49. The Morgan fingerprint density at radius 3 is 2.62 bits per heavy atom. The van der Waals surface area contributed by atoms with Gasteiger partial charge in [0.2, 0.25) is 0 Å². The van der Waals surface area contributed by atoms with Gasteiger partial charge in [-0.2, -0.15) is 0 Å². The number of hydrogen-bond acceptors (Lipinski definition) is 4. The second kappa shape index (κ2) is 6.17. The average Bonchev–Trinajstić information content (AvgIpc) is 2.46. The van der Waals surface area contributed by atoms with Gasteiger partial charge in [0.15, 0.2) is 12.4 Å². The fourth-order valence-corrected chi connectivity index (χ4v) is 1.98. The molecule has 0 saturated carbocycles. The molecule has 0 unspecified atom stereocenters. The predicted molar refractivity (Wildman–Crippen MR) is 78.8 cm³/mol. The average molecular weight is 285 g/mol. The van der Waals surface area contributed by atoms with Crippen LogP contribution in [0.25, 0.3) is 0 Å². The lowest BCUT2D eigenvalue weighted by Crippen LogP contribution is -2.12. The van der Waals surface area contributed by atoms with Gasteiger partial charge in [-0.15, -0.1) is 0 Å². The third-order valence-corrected chi connectivity index (χ3v) is 3.07. The molecule has 21 heavy (non-hydrogen) atoms. The standard InChI is InChI=1S/C16H15NO4/c1-11-6-7-16(12(2)8-11)21-10-15(18)13-4-3-5-14(9-13)17(19)20/h3-9H,10H2,1-2H3. The summed E-state index contributed by atoms with van der Waals surface area (Å²) in [5.41, 5.74) is 2.23. The third kappa shape index (κ3) is 3.66. The maximum Gasteiger partial charge on any atom is 0.270 e. The number of ketones is 1. The quantitative estimate of drug-likeness (QED) is 0.479. The zero-order valence-corrected chi connectivity index (χ0v) is 11.8.